The van der Waals surface area contributed by atoms with Crippen molar-refractivity contribution in [1.82, 2.24) is 0 Å². The van der Waals surface area contributed by atoms with Crippen LogP contribution in [0, 0.1) is 17.3 Å². The van der Waals surface area contributed by atoms with E-state index in [0.29, 0.717) is 0 Å². The van der Waals surface area contributed by atoms with Crippen molar-refractivity contribution >= 4 is 5.97 Å². The van der Waals surface area contributed by atoms with Crippen LogP contribution in [0.4, 0.5) is 0 Å². The number of carboxylic acids is 1. The molecule has 0 rings (SSSR count). The SMILES string of the molecule is CC(C)(C)C#C/C=C/C(=O)O. The molecule has 2 heteroatoms. The highest BCUT2D eigenvalue weighted by Gasteiger charge is 2.02. The first-order chi connectivity index (χ1) is 4.92. The number of allylic oxidation sites excluding steroid dienone is 1. The molecule has 0 unspecified atom stereocenters. The van der Waals surface area contributed by atoms with Crippen LogP contribution in [-0.2, 0) is 4.79 Å². The van der Waals surface area contributed by atoms with Crippen molar-refractivity contribution in [1.29, 1.82) is 0 Å². The smallest absolute Gasteiger partial charge is 0.328 e. The minimum atomic E-state index is -0.965. The minimum Gasteiger partial charge on any atom is -0.478 e. The molecule has 0 aliphatic rings. The van der Waals surface area contributed by atoms with E-state index < -0.39 is 5.97 Å². The topological polar surface area (TPSA) is 37.3 Å². The lowest BCUT2D eigenvalue weighted by molar-refractivity contribution is -0.131. The van der Waals surface area contributed by atoms with Gasteiger partial charge in [0.15, 0.2) is 0 Å². The average Bonchev–Trinajstić information content (AvgIpc) is 1.78. The molecular formula is C9H12O2. The van der Waals surface area contributed by atoms with Crippen molar-refractivity contribution in [3.8, 4) is 11.8 Å². The van der Waals surface area contributed by atoms with E-state index in [1.54, 1.807) is 0 Å². The third kappa shape index (κ3) is 8.77. The first-order valence-electron chi connectivity index (χ1n) is 3.34. The molecule has 0 aromatic carbocycles. The Morgan fingerprint density at radius 1 is 1.45 bits per heavy atom. The highest BCUT2D eigenvalue weighted by atomic mass is 16.4. The first kappa shape index (κ1) is 9.77. The van der Waals surface area contributed by atoms with E-state index in [2.05, 4.69) is 11.8 Å². The van der Waals surface area contributed by atoms with Gasteiger partial charge in [-0.15, -0.1) is 0 Å². The summed E-state index contributed by atoms with van der Waals surface area (Å²) in [6, 6.07) is 0. The largest absolute Gasteiger partial charge is 0.478 e. The summed E-state index contributed by atoms with van der Waals surface area (Å²) in [5, 5.41) is 8.19. The summed E-state index contributed by atoms with van der Waals surface area (Å²) in [6.07, 6.45) is 2.37. The zero-order valence-corrected chi connectivity index (χ0v) is 7.01. The molecule has 0 aliphatic heterocycles. The normalized spacial score (nSPS) is 10.8. The zero-order chi connectivity index (χ0) is 8.91. The first-order valence-corrected chi connectivity index (χ1v) is 3.34. The Hall–Kier alpha value is -1.23. The van der Waals surface area contributed by atoms with Crippen molar-refractivity contribution in [3.63, 3.8) is 0 Å². The van der Waals surface area contributed by atoms with Crippen LogP contribution >= 0.6 is 0 Å². The van der Waals surface area contributed by atoms with Gasteiger partial charge in [0.1, 0.15) is 0 Å². The Labute approximate surface area is 66.9 Å². The second-order valence-electron chi connectivity index (χ2n) is 3.19. The van der Waals surface area contributed by atoms with Crippen LogP contribution in [0.1, 0.15) is 20.8 Å². The molecule has 0 amide bonds. The van der Waals surface area contributed by atoms with E-state index >= 15 is 0 Å². The Morgan fingerprint density at radius 2 is 2.00 bits per heavy atom. The summed E-state index contributed by atoms with van der Waals surface area (Å²) in [5.74, 6) is 4.56. The summed E-state index contributed by atoms with van der Waals surface area (Å²) >= 11 is 0. The molecule has 0 saturated heterocycles. The molecule has 0 atom stereocenters. The fraction of sp³-hybridized carbons (Fsp3) is 0.444. The minimum absolute atomic E-state index is 0.0666. The maximum absolute atomic E-state index is 9.97. The van der Waals surface area contributed by atoms with Crippen molar-refractivity contribution in [2.75, 3.05) is 0 Å². The Morgan fingerprint density at radius 3 is 2.36 bits per heavy atom. The van der Waals surface area contributed by atoms with E-state index in [9.17, 15) is 4.79 Å². The Balaban J connectivity index is 4.02. The molecule has 1 N–H and O–H groups in total. The van der Waals surface area contributed by atoms with Crippen LogP contribution in [0.3, 0.4) is 0 Å². The molecule has 0 spiro atoms. The molecule has 2 nitrogen and oxygen atoms in total. The van der Waals surface area contributed by atoms with Crippen molar-refractivity contribution < 1.29 is 9.90 Å². The molecule has 0 saturated carbocycles. The molecule has 0 heterocycles. The average molecular weight is 152 g/mol. The van der Waals surface area contributed by atoms with Crippen molar-refractivity contribution in [2.24, 2.45) is 5.41 Å². The third-order valence-electron chi connectivity index (χ3n) is 0.756. The van der Waals surface area contributed by atoms with E-state index in [4.69, 9.17) is 5.11 Å². The summed E-state index contributed by atoms with van der Waals surface area (Å²) in [5.41, 5.74) is -0.0666. The van der Waals surface area contributed by atoms with Gasteiger partial charge < -0.3 is 5.11 Å². The second-order valence-corrected chi connectivity index (χ2v) is 3.19. The van der Waals surface area contributed by atoms with Crippen LogP contribution in [0.5, 0.6) is 0 Å². The molecule has 0 radical (unpaired) electrons. The molecule has 0 fully saturated rings. The van der Waals surface area contributed by atoms with Crippen LogP contribution in [0.2, 0.25) is 0 Å². The van der Waals surface area contributed by atoms with Gasteiger partial charge in [0.2, 0.25) is 0 Å². The summed E-state index contributed by atoms with van der Waals surface area (Å²) in [6.45, 7) is 5.90. The summed E-state index contributed by atoms with van der Waals surface area (Å²) in [4.78, 5) is 9.97. The van der Waals surface area contributed by atoms with Gasteiger partial charge in [0.05, 0.1) is 0 Å². The maximum Gasteiger partial charge on any atom is 0.328 e. The second kappa shape index (κ2) is 3.82. The lowest BCUT2D eigenvalue weighted by Gasteiger charge is -2.05. The predicted molar refractivity (Wildman–Crippen MR) is 44.0 cm³/mol. The number of carboxylic acid groups (broad SMARTS) is 1. The van der Waals surface area contributed by atoms with Crippen LogP contribution < -0.4 is 0 Å². The maximum atomic E-state index is 9.97. The van der Waals surface area contributed by atoms with Crippen molar-refractivity contribution in [2.45, 2.75) is 20.8 Å². The van der Waals surface area contributed by atoms with E-state index in [-0.39, 0.29) is 5.41 Å². The number of rotatable bonds is 1. The van der Waals surface area contributed by atoms with E-state index in [1.807, 2.05) is 20.8 Å². The van der Waals surface area contributed by atoms with Gasteiger partial charge in [-0.05, 0) is 26.8 Å². The number of hydrogen-bond donors (Lipinski definition) is 1. The Kier molecular flexibility index (Phi) is 3.39. The molecule has 11 heavy (non-hydrogen) atoms. The highest BCUT2D eigenvalue weighted by Crippen LogP contribution is 2.09. The lowest BCUT2D eigenvalue weighted by atomic mass is 9.98. The lowest BCUT2D eigenvalue weighted by Crippen LogP contribution is -1.98. The highest BCUT2D eigenvalue weighted by molar-refractivity contribution is 5.80. The summed E-state index contributed by atoms with van der Waals surface area (Å²) < 4.78 is 0. The fourth-order valence-corrected chi connectivity index (χ4v) is 0.371. The van der Waals surface area contributed by atoms with Crippen LogP contribution in [0.25, 0.3) is 0 Å². The fourth-order valence-electron chi connectivity index (χ4n) is 0.371. The molecule has 0 aromatic rings. The molecule has 0 aromatic heterocycles. The van der Waals surface area contributed by atoms with Gasteiger partial charge in [-0.3, -0.25) is 0 Å². The van der Waals surface area contributed by atoms with Gasteiger partial charge in [-0.1, -0.05) is 11.8 Å². The third-order valence-corrected chi connectivity index (χ3v) is 0.756. The van der Waals surface area contributed by atoms with Gasteiger partial charge in [0, 0.05) is 11.5 Å². The quantitative estimate of drug-likeness (QED) is 0.458. The van der Waals surface area contributed by atoms with E-state index in [1.165, 1.54) is 6.08 Å². The van der Waals surface area contributed by atoms with Gasteiger partial charge in [0.25, 0.3) is 0 Å². The van der Waals surface area contributed by atoms with Gasteiger partial charge in [-0.25, -0.2) is 4.79 Å². The van der Waals surface area contributed by atoms with Crippen molar-refractivity contribution in [3.05, 3.63) is 12.2 Å². The molecule has 0 aliphatic carbocycles. The number of carbonyl (C=O) groups is 1. The van der Waals surface area contributed by atoms with Crippen LogP contribution in [-0.4, -0.2) is 11.1 Å². The molecular weight excluding hydrogens is 140 g/mol. The standard InChI is InChI=1S/C9H12O2/c1-9(2,3)7-5-4-6-8(10)11/h4,6H,1-3H3,(H,10,11)/b6-4+. The Bertz CT molecular complexity index is 220. The predicted octanol–water partition coefficient (Wildman–Crippen LogP) is 1.68. The summed E-state index contributed by atoms with van der Waals surface area (Å²) in [7, 11) is 0. The van der Waals surface area contributed by atoms with Gasteiger partial charge >= 0.3 is 5.97 Å². The van der Waals surface area contributed by atoms with Crippen LogP contribution in [0.15, 0.2) is 12.2 Å². The van der Waals surface area contributed by atoms with E-state index in [0.717, 1.165) is 6.08 Å². The van der Waals surface area contributed by atoms with Gasteiger partial charge in [-0.2, -0.15) is 0 Å². The number of hydrogen-bond acceptors (Lipinski definition) is 1. The molecule has 60 valence electrons. The molecule has 0 bridgehead atoms. The zero-order valence-electron chi connectivity index (χ0n) is 7.01. The number of aliphatic carboxylic acids is 1. The monoisotopic (exact) mass is 152 g/mol.